The van der Waals surface area contributed by atoms with Crippen molar-refractivity contribution >= 4 is 17.5 Å². The van der Waals surface area contributed by atoms with Gasteiger partial charge in [0.25, 0.3) is 11.5 Å². The van der Waals surface area contributed by atoms with Gasteiger partial charge in [0.1, 0.15) is 11.5 Å². The zero-order valence-corrected chi connectivity index (χ0v) is 18.1. The number of halogens is 1. The lowest BCUT2D eigenvalue weighted by Gasteiger charge is -2.31. The first-order valence-corrected chi connectivity index (χ1v) is 10.5. The molecule has 0 radical (unpaired) electrons. The third-order valence-corrected chi connectivity index (χ3v) is 5.88. The van der Waals surface area contributed by atoms with E-state index in [1.54, 1.807) is 11.1 Å². The fraction of sp³-hybridized carbons (Fsp3) is 0.364. The van der Waals surface area contributed by atoms with E-state index in [4.69, 9.17) is 16.0 Å². The van der Waals surface area contributed by atoms with Crippen molar-refractivity contribution in [3.05, 3.63) is 85.3 Å². The Morgan fingerprint density at radius 1 is 1.23 bits per heavy atom. The van der Waals surface area contributed by atoms with Crippen molar-refractivity contribution in [1.29, 1.82) is 0 Å². The molecule has 4 rings (SSSR count). The van der Waals surface area contributed by atoms with Crippen molar-refractivity contribution in [2.24, 2.45) is 14.1 Å². The zero-order valence-electron chi connectivity index (χ0n) is 17.4. The highest BCUT2D eigenvalue weighted by molar-refractivity contribution is 6.30. The van der Waals surface area contributed by atoms with Gasteiger partial charge in [-0.1, -0.05) is 23.7 Å². The number of hydrogen-bond acceptors (Lipinski definition) is 5. The van der Waals surface area contributed by atoms with E-state index in [0.29, 0.717) is 30.4 Å². The van der Waals surface area contributed by atoms with Crippen LogP contribution in [-0.4, -0.2) is 38.0 Å². The number of likely N-dealkylation sites (tertiary alicyclic amines) is 1. The molecule has 1 aromatic carbocycles. The lowest BCUT2D eigenvalue weighted by molar-refractivity contribution is 0.0685. The van der Waals surface area contributed by atoms with Crippen LogP contribution in [0.2, 0.25) is 5.02 Å². The summed E-state index contributed by atoms with van der Waals surface area (Å²) in [6.45, 7) is 0.966. The van der Waals surface area contributed by atoms with Crippen molar-refractivity contribution in [2.45, 2.75) is 25.2 Å². The Morgan fingerprint density at radius 2 is 2.03 bits per heavy atom. The summed E-state index contributed by atoms with van der Waals surface area (Å²) in [5, 5.41) is 0.670. The molecule has 0 N–H and O–H groups in total. The number of piperidine rings is 1. The topological polar surface area (TPSA) is 90.3 Å². The normalized spacial score (nSPS) is 16.5. The maximum absolute atomic E-state index is 13.0. The van der Waals surface area contributed by atoms with Gasteiger partial charge in [-0.15, -0.1) is 0 Å². The van der Waals surface area contributed by atoms with E-state index in [-0.39, 0.29) is 17.5 Å². The average molecular weight is 443 g/mol. The van der Waals surface area contributed by atoms with Gasteiger partial charge in [-0.05, 0) is 30.5 Å². The molecule has 0 spiro atoms. The highest BCUT2D eigenvalue weighted by Crippen LogP contribution is 2.28. The largest absolute Gasteiger partial charge is 0.445 e. The Labute approximate surface area is 183 Å². The molecule has 1 saturated heterocycles. The first-order chi connectivity index (χ1) is 14.8. The first-order valence-electron chi connectivity index (χ1n) is 10.1. The van der Waals surface area contributed by atoms with Gasteiger partial charge in [0, 0.05) is 44.7 Å². The minimum Gasteiger partial charge on any atom is -0.445 e. The smallest absolute Gasteiger partial charge is 0.331 e. The second-order valence-corrected chi connectivity index (χ2v) is 8.27. The maximum Gasteiger partial charge on any atom is 0.331 e. The summed E-state index contributed by atoms with van der Waals surface area (Å²) in [6.07, 6.45) is 3.91. The molecule has 1 aliphatic heterocycles. The number of benzene rings is 1. The number of aromatic nitrogens is 3. The number of nitrogens with zero attached hydrogens (tertiary/aromatic N) is 4. The maximum atomic E-state index is 13.0. The molecular weight excluding hydrogens is 420 g/mol. The van der Waals surface area contributed by atoms with Crippen LogP contribution in [0.3, 0.4) is 0 Å². The minimum absolute atomic E-state index is 0.0469. The van der Waals surface area contributed by atoms with Gasteiger partial charge < -0.3 is 9.32 Å². The Kier molecular flexibility index (Phi) is 5.82. The van der Waals surface area contributed by atoms with Crippen LogP contribution in [0.4, 0.5) is 0 Å². The monoisotopic (exact) mass is 442 g/mol. The van der Waals surface area contributed by atoms with E-state index in [1.165, 1.54) is 24.7 Å². The molecule has 2 aromatic heterocycles. The fourth-order valence-electron chi connectivity index (χ4n) is 3.90. The number of rotatable bonds is 4. The summed E-state index contributed by atoms with van der Waals surface area (Å²) in [5.41, 5.74) is 0.0890. The number of oxazole rings is 1. The third-order valence-electron chi connectivity index (χ3n) is 5.64. The molecule has 1 unspecified atom stereocenters. The number of amides is 1. The highest BCUT2D eigenvalue weighted by atomic mass is 35.5. The SMILES string of the molecule is Cn1c(C(=O)N2CCCC(c3ncc(Cc4cccc(Cl)c4)o3)C2)cc(=O)n(C)c1=O. The average Bonchev–Trinajstić information content (AvgIpc) is 3.23. The van der Waals surface area contributed by atoms with Crippen LogP contribution < -0.4 is 11.2 Å². The summed E-state index contributed by atoms with van der Waals surface area (Å²) in [4.78, 5) is 43.3. The summed E-state index contributed by atoms with van der Waals surface area (Å²) >= 11 is 6.05. The molecule has 8 nitrogen and oxygen atoms in total. The van der Waals surface area contributed by atoms with E-state index in [0.717, 1.165) is 28.7 Å². The molecule has 1 fully saturated rings. The van der Waals surface area contributed by atoms with Crippen molar-refractivity contribution < 1.29 is 9.21 Å². The lowest BCUT2D eigenvalue weighted by Crippen LogP contribution is -2.44. The standard InChI is InChI=1S/C22H23ClN4O4/c1-25-18(11-19(28)26(2)22(25)30)21(29)27-8-4-6-15(13-27)20-24-12-17(31-20)10-14-5-3-7-16(23)9-14/h3,5,7,9,11-12,15H,4,6,8,10,13H2,1-2H3. The van der Waals surface area contributed by atoms with Crippen LogP contribution in [0.15, 0.2) is 50.5 Å². The molecule has 1 aliphatic rings. The van der Waals surface area contributed by atoms with E-state index in [2.05, 4.69) is 4.98 Å². The lowest BCUT2D eigenvalue weighted by atomic mass is 9.97. The Hall–Kier alpha value is -3.13. The molecule has 1 amide bonds. The molecule has 9 heteroatoms. The van der Waals surface area contributed by atoms with Gasteiger partial charge in [0.15, 0.2) is 5.89 Å². The molecule has 0 aliphatic carbocycles. The number of carbonyl (C=O) groups is 1. The van der Waals surface area contributed by atoms with Gasteiger partial charge in [-0.2, -0.15) is 0 Å². The molecule has 1 atom stereocenters. The van der Waals surface area contributed by atoms with Gasteiger partial charge >= 0.3 is 5.69 Å². The van der Waals surface area contributed by atoms with Crippen LogP contribution in [0, 0.1) is 0 Å². The van der Waals surface area contributed by atoms with Gasteiger partial charge in [-0.25, -0.2) is 9.78 Å². The highest BCUT2D eigenvalue weighted by Gasteiger charge is 2.29. The van der Waals surface area contributed by atoms with Gasteiger partial charge in [-0.3, -0.25) is 18.7 Å². The van der Waals surface area contributed by atoms with Crippen molar-refractivity contribution in [2.75, 3.05) is 13.1 Å². The Morgan fingerprint density at radius 3 is 2.81 bits per heavy atom. The minimum atomic E-state index is -0.525. The van der Waals surface area contributed by atoms with Gasteiger partial charge in [0.05, 0.1) is 12.1 Å². The molecule has 0 bridgehead atoms. The molecule has 3 aromatic rings. The van der Waals surface area contributed by atoms with Crippen molar-refractivity contribution in [3.63, 3.8) is 0 Å². The van der Waals surface area contributed by atoms with Crippen LogP contribution in [0.1, 0.15) is 46.5 Å². The van der Waals surface area contributed by atoms with E-state index in [9.17, 15) is 14.4 Å². The number of hydrogen-bond donors (Lipinski definition) is 0. The van der Waals surface area contributed by atoms with Crippen LogP contribution in [-0.2, 0) is 20.5 Å². The predicted octanol–water partition coefficient (Wildman–Crippen LogP) is 2.34. The van der Waals surface area contributed by atoms with Crippen LogP contribution in [0.25, 0.3) is 0 Å². The van der Waals surface area contributed by atoms with Crippen LogP contribution in [0.5, 0.6) is 0 Å². The second-order valence-electron chi connectivity index (χ2n) is 7.83. The Bertz CT molecular complexity index is 1240. The number of carbonyl (C=O) groups excluding carboxylic acids is 1. The Balaban J connectivity index is 1.51. The second kappa shape index (κ2) is 8.55. The summed E-state index contributed by atoms with van der Waals surface area (Å²) in [5.74, 6) is 0.934. The van der Waals surface area contributed by atoms with Crippen LogP contribution >= 0.6 is 11.6 Å². The van der Waals surface area contributed by atoms with E-state index >= 15 is 0 Å². The quantitative estimate of drug-likeness (QED) is 0.618. The molecular formula is C22H23ClN4O4. The van der Waals surface area contributed by atoms with Crippen molar-refractivity contribution in [3.8, 4) is 0 Å². The summed E-state index contributed by atoms with van der Waals surface area (Å²) in [6, 6.07) is 8.79. The zero-order chi connectivity index (χ0) is 22.1. The summed E-state index contributed by atoms with van der Waals surface area (Å²) < 4.78 is 8.16. The van der Waals surface area contributed by atoms with Gasteiger partial charge in [0.2, 0.25) is 0 Å². The summed E-state index contributed by atoms with van der Waals surface area (Å²) in [7, 11) is 2.88. The molecule has 31 heavy (non-hydrogen) atoms. The molecule has 162 valence electrons. The first kappa shape index (κ1) is 21.1. The molecule has 0 saturated carbocycles. The van der Waals surface area contributed by atoms with E-state index in [1.807, 2.05) is 24.3 Å². The third kappa shape index (κ3) is 4.34. The fourth-order valence-corrected chi connectivity index (χ4v) is 4.12. The predicted molar refractivity (Wildman–Crippen MR) is 116 cm³/mol. The van der Waals surface area contributed by atoms with E-state index < -0.39 is 11.2 Å². The molecule has 3 heterocycles. The van der Waals surface area contributed by atoms with Crippen molar-refractivity contribution in [1.82, 2.24) is 19.0 Å².